The SMILES string of the molecule is C=CCON=C(C(=O)NC1C(=O)N2C(C(=O)O)=CCS[C@H]12)c1nc(NC=O)sc1Cl. The van der Waals surface area contributed by atoms with Crippen LogP contribution in [0.4, 0.5) is 5.13 Å². The molecule has 0 aliphatic carbocycles. The Bertz CT molecular complexity index is 977. The van der Waals surface area contributed by atoms with Crippen LogP contribution in [0.2, 0.25) is 4.34 Å². The van der Waals surface area contributed by atoms with Crippen molar-refractivity contribution in [2.45, 2.75) is 11.4 Å². The first-order chi connectivity index (χ1) is 14.4. The lowest BCUT2D eigenvalue weighted by Gasteiger charge is -2.48. The van der Waals surface area contributed by atoms with Gasteiger partial charge in [-0.3, -0.25) is 19.3 Å². The van der Waals surface area contributed by atoms with Gasteiger partial charge in [0, 0.05) is 5.75 Å². The number of hydrogen-bond donors (Lipinski definition) is 3. The molecule has 1 unspecified atom stereocenters. The van der Waals surface area contributed by atoms with Crippen LogP contribution in [0.5, 0.6) is 0 Å². The highest BCUT2D eigenvalue weighted by atomic mass is 35.5. The number of nitrogens with zero attached hydrogens (tertiary/aromatic N) is 3. The highest BCUT2D eigenvalue weighted by Crippen LogP contribution is 2.37. The molecule has 2 aliphatic rings. The number of amides is 3. The Balaban J connectivity index is 1.81. The molecule has 3 heterocycles. The van der Waals surface area contributed by atoms with E-state index in [1.54, 1.807) is 0 Å². The molecular formula is C16H14ClN5O6S2. The van der Waals surface area contributed by atoms with E-state index in [1.165, 1.54) is 23.9 Å². The first-order valence-corrected chi connectivity index (χ1v) is 10.5. The summed E-state index contributed by atoms with van der Waals surface area (Å²) < 4.78 is 0.0696. The summed E-state index contributed by atoms with van der Waals surface area (Å²) in [6, 6.07) is -0.958. The minimum absolute atomic E-state index is 0.000634. The third kappa shape index (κ3) is 4.17. The van der Waals surface area contributed by atoms with Crippen molar-refractivity contribution in [1.82, 2.24) is 15.2 Å². The van der Waals surface area contributed by atoms with Crippen LogP contribution in [0.15, 0.2) is 29.6 Å². The van der Waals surface area contributed by atoms with Crippen molar-refractivity contribution in [3.05, 3.63) is 34.5 Å². The minimum Gasteiger partial charge on any atom is -0.477 e. The first-order valence-electron chi connectivity index (χ1n) is 8.25. The number of aliphatic carboxylic acids is 1. The molecule has 1 fully saturated rings. The molecule has 0 aromatic carbocycles. The maximum Gasteiger partial charge on any atom is 0.352 e. The highest BCUT2D eigenvalue weighted by molar-refractivity contribution is 8.00. The number of oxime groups is 1. The number of thiazole rings is 1. The average molecular weight is 472 g/mol. The Hall–Kier alpha value is -2.90. The van der Waals surface area contributed by atoms with Gasteiger partial charge in [-0.2, -0.15) is 0 Å². The van der Waals surface area contributed by atoms with E-state index >= 15 is 0 Å². The number of carboxylic acids is 1. The zero-order valence-electron chi connectivity index (χ0n) is 15.0. The molecule has 1 aromatic heterocycles. The van der Waals surface area contributed by atoms with Gasteiger partial charge in [-0.25, -0.2) is 9.78 Å². The summed E-state index contributed by atoms with van der Waals surface area (Å²) in [5.74, 6) is -2.20. The average Bonchev–Trinajstić information content (AvgIpc) is 3.08. The van der Waals surface area contributed by atoms with Crippen LogP contribution in [0.25, 0.3) is 0 Å². The fourth-order valence-electron chi connectivity index (χ4n) is 2.65. The van der Waals surface area contributed by atoms with Gasteiger partial charge in [-0.15, -0.1) is 11.8 Å². The normalized spacial score (nSPS) is 20.4. The van der Waals surface area contributed by atoms with Crippen LogP contribution in [0, 0.1) is 0 Å². The summed E-state index contributed by atoms with van der Waals surface area (Å²) in [5.41, 5.74) is -0.471. The molecule has 1 aromatic rings. The number of aromatic nitrogens is 1. The van der Waals surface area contributed by atoms with Gasteiger partial charge in [0.2, 0.25) is 6.41 Å². The van der Waals surface area contributed by atoms with Crippen molar-refractivity contribution in [1.29, 1.82) is 0 Å². The Labute approximate surface area is 182 Å². The fraction of sp³-hybridized carbons (Fsp3) is 0.250. The first kappa shape index (κ1) is 21.8. The van der Waals surface area contributed by atoms with Crippen molar-refractivity contribution in [3.8, 4) is 0 Å². The van der Waals surface area contributed by atoms with E-state index in [0.29, 0.717) is 12.2 Å². The molecule has 0 saturated carbocycles. The smallest absolute Gasteiger partial charge is 0.352 e. The van der Waals surface area contributed by atoms with Crippen LogP contribution < -0.4 is 10.6 Å². The monoisotopic (exact) mass is 471 g/mol. The zero-order chi connectivity index (χ0) is 21.8. The standard InChI is InChI=1S/C16H14ClN5O6S2/c1-2-4-28-21-9(8-11(17)30-16(20-8)18-6-23)12(24)19-10-13(25)22-7(15(26)27)3-5-29-14(10)22/h2-3,6,10,14H,1,4-5H2,(H,19,24)(H,26,27)(H,18,20,23)/t10?,14-/m1/s1. The molecule has 158 valence electrons. The van der Waals surface area contributed by atoms with Crippen molar-refractivity contribution in [2.75, 3.05) is 17.7 Å². The molecule has 30 heavy (non-hydrogen) atoms. The second kappa shape index (κ2) is 9.28. The highest BCUT2D eigenvalue weighted by Gasteiger charge is 2.53. The lowest BCUT2D eigenvalue weighted by atomic mass is 10.0. The molecule has 3 N–H and O–H groups in total. The van der Waals surface area contributed by atoms with E-state index < -0.39 is 29.2 Å². The molecule has 0 spiro atoms. The number of thioether (sulfide) groups is 1. The summed E-state index contributed by atoms with van der Waals surface area (Å²) >= 11 is 8.34. The molecule has 0 bridgehead atoms. The van der Waals surface area contributed by atoms with Crippen molar-refractivity contribution in [2.24, 2.45) is 5.16 Å². The van der Waals surface area contributed by atoms with E-state index in [1.807, 2.05) is 0 Å². The number of fused-ring (bicyclic) bond motifs is 1. The molecule has 1 saturated heterocycles. The number of halogens is 1. The third-order valence-corrected chi connectivity index (χ3v) is 6.28. The van der Waals surface area contributed by atoms with E-state index in [9.17, 15) is 24.3 Å². The number of hydrogen-bond acceptors (Lipinski definition) is 9. The lowest BCUT2D eigenvalue weighted by molar-refractivity contribution is -0.150. The van der Waals surface area contributed by atoms with Gasteiger partial charge >= 0.3 is 5.97 Å². The Morgan fingerprint density at radius 2 is 2.30 bits per heavy atom. The largest absolute Gasteiger partial charge is 0.477 e. The number of nitrogens with one attached hydrogen (secondary N) is 2. The van der Waals surface area contributed by atoms with Gasteiger partial charge in [0.25, 0.3) is 11.8 Å². The third-order valence-electron chi connectivity index (χ3n) is 3.91. The second-order valence-corrected chi connectivity index (χ2v) is 8.46. The molecule has 3 rings (SSSR count). The number of carbonyl (C=O) groups excluding carboxylic acids is 3. The van der Waals surface area contributed by atoms with Crippen molar-refractivity contribution < 1.29 is 29.1 Å². The summed E-state index contributed by atoms with van der Waals surface area (Å²) in [7, 11) is 0. The van der Waals surface area contributed by atoms with E-state index in [0.717, 1.165) is 16.2 Å². The van der Waals surface area contributed by atoms with Crippen LogP contribution in [-0.4, -0.2) is 68.7 Å². The zero-order valence-corrected chi connectivity index (χ0v) is 17.4. The molecule has 2 aliphatic heterocycles. The topological polar surface area (TPSA) is 150 Å². The molecule has 11 nitrogen and oxygen atoms in total. The number of anilines is 1. The summed E-state index contributed by atoms with van der Waals surface area (Å²) in [4.78, 5) is 57.4. The van der Waals surface area contributed by atoms with E-state index in [4.69, 9.17) is 16.4 Å². The van der Waals surface area contributed by atoms with Crippen molar-refractivity contribution >= 4 is 69.7 Å². The lowest BCUT2D eigenvalue weighted by Crippen LogP contribution is -2.70. The van der Waals surface area contributed by atoms with E-state index in [2.05, 4.69) is 27.4 Å². The Morgan fingerprint density at radius 1 is 1.53 bits per heavy atom. The molecular weight excluding hydrogens is 458 g/mol. The predicted octanol–water partition coefficient (Wildman–Crippen LogP) is 0.640. The van der Waals surface area contributed by atoms with Gasteiger partial charge in [-0.1, -0.05) is 40.7 Å². The number of rotatable bonds is 9. The predicted molar refractivity (Wildman–Crippen MR) is 110 cm³/mol. The van der Waals surface area contributed by atoms with Crippen LogP contribution in [0.1, 0.15) is 5.69 Å². The van der Waals surface area contributed by atoms with E-state index in [-0.39, 0.29) is 33.2 Å². The van der Waals surface area contributed by atoms with Gasteiger partial charge in [0.1, 0.15) is 33.7 Å². The van der Waals surface area contributed by atoms with Crippen LogP contribution >= 0.6 is 34.7 Å². The number of carboxylic acid groups (broad SMARTS) is 1. The van der Waals surface area contributed by atoms with Crippen LogP contribution in [-0.2, 0) is 24.0 Å². The van der Waals surface area contributed by atoms with Gasteiger partial charge in [0.15, 0.2) is 10.8 Å². The van der Waals surface area contributed by atoms with Gasteiger partial charge < -0.3 is 20.6 Å². The Kier molecular flexibility index (Phi) is 6.74. The molecule has 0 radical (unpaired) electrons. The minimum atomic E-state index is -1.22. The molecule has 14 heteroatoms. The van der Waals surface area contributed by atoms with Crippen LogP contribution in [0.3, 0.4) is 0 Å². The number of β-lactam (4-membered cyclic amide) rings is 1. The quantitative estimate of drug-likeness (QED) is 0.118. The second-order valence-electron chi connectivity index (χ2n) is 5.71. The summed E-state index contributed by atoms with van der Waals surface area (Å²) in [6.07, 6.45) is 3.25. The van der Waals surface area contributed by atoms with Gasteiger partial charge in [-0.05, 0) is 6.08 Å². The van der Waals surface area contributed by atoms with Gasteiger partial charge in [0.05, 0.1) is 0 Å². The number of carbonyl (C=O) groups is 4. The molecule has 3 amide bonds. The molecule has 2 atom stereocenters. The summed E-state index contributed by atoms with van der Waals surface area (Å²) in [5, 5.41) is 17.4. The van der Waals surface area contributed by atoms with Crippen molar-refractivity contribution in [3.63, 3.8) is 0 Å². The maximum absolute atomic E-state index is 12.9. The Morgan fingerprint density at radius 3 is 2.97 bits per heavy atom. The fourth-order valence-corrected chi connectivity index (χ4v) is 4.85. The summed E-state index contributed by atoms with van der Waals surface area (Å²) in [6.45, 7) is 3.48. The maximum atomic E-state index is 12.9.